The van der Waals surface area contributed by atoms with Crippen LogP contribution >= 0.6 is 0 Å². The van der Waals surface area contributed by atoms with Gasteiger partial charge >= 0.3 is 6.09 Å². The van der Waals surface area contributed by atoms with E-state index in [1.54, 1.807) is 7.11 Å². The number of alkyl carbamates (subject to hydrolysis) is 1. The summed E-state index contributed by atoms with van der Waals surface area (Å²) in [6.07, 6.45) is 5.81. The van der Waals surface area contributed by atoms with Gasteiger partial charge in [-0.25, -0.2) is 14.8 Å². The van der Waals surface area contributed by atoms with Crippen molar-refractivity contribution in [3.8, 4) is 33.6 Å². The van der Waals surface area contributed by atoms with Crippen LogP contribution in [0.15, 0.2) is 103 Å². The highest BCUT2D eigenvalue weighted by atomic mass is 16.5. The van der Waals surface area contributed by atoms with Crippen molar-refractivity contribution >= 4 is 28.7 Å². The Hall–Kier alpha value is -6.27. The molecule has 2 aliphatic heterocycles. The summed E-state index contributed by atoms with van der Waals surface area (Å²) in [4.78, 5) is 59.4. The Balaban J connectivity index is 0.941. The number of aromatic nitrogens is 4. The number of nitrogens with zero attached hydrogens (tertiary/aromatic N) is 4. The maximum atomic E-state index is 13.6. The summed E-state index contributed by atoms with van der Waals surface area (Å²) in [6.45, 7) is 5.09. The topological polar surface area (TPSA) is 146 Å². The Morgan fingerprint density at radius 1 is 0.690 bits per heavy atom. The second kappa shape index (κ2) is 16.7. The minimum absolute atomic E-state index is 0.0468. The fourth-order valence-corrected chi connectivity index (χ4v) is 8.41. The summed E-state index contributed by atoms with van der Waals surface area (Å²) in [5.41, 5.74) is 6.86. The molecule has 2 saturated heterocycles. The average Bonchev–Trinajstić information content (AvgIpc) is 4.10. The van der Waals surface area contributed by atoms with Crippen molar-refractivity contribution in [3.05, 3.63) is 121 Å². The number of methoxy groups -OCH3 is 2. The van der Waals surface area contributed by atoms with E-state index < -0.39 is 18.2 Å². The van der Waals surface area contributed by atoms with E-state index in [0.29, 0.717) is 13.1 Å². The highest BCUT2D eigenvalue weighted by Gasteiger charge is 2.38. The first kappa shape index (κ1) is 38.6. The van der Waals surface area contributed by atoms with Crippen molar-refractivity contribution in [1.82, 2.24) is 35.1 Å². The molecule has 0 aliphatic carbocycles. The van der Waals surface area contributed by atoms with Gasteiger partial charge in [0.15, 0.2) is 6.10 Å². The van der Waals surface area contributed by atoms with Gasteiger partial charge in [0, 0.05) is 25.8 Å². The number of hydrogen-bond acceptors (Lipinski definition) is 7. The number of carbonyl (C=O) groups is 3. The largest absolute Gasteiger partial charge is 0.453 e. The molecule has 58 heavy (non-hydrogen) atoms. The molecule has 1 unspecified atom stereocenters. The van der Waals surface area contributed by atoms with Crippen LogP contribution in [0.1, 0.15) is 74.9 Å². The van der Waals surface area contributed by atoms with Crippen LogP contribution in [0.5, 0.6) is 0 Å². The van der Waals surface area contributed by atoms with Gasteiger partial charge in [-0.1, -0.05) is 92.7 Å². The maximum Gasteiger partial charge on any atom is 0.407 e. The molecule has 4 heterocycles. The average molecular weight is 780 g/mol. The van der Waals surface area contributed by atoms with Crippen molar-refractivity contribution in [3.63, 3.8) is 0 Å². The number of ether oxygens (including phenoxy) is 2. The van der Waals surface area contributed by atoms with Crippen LogP contribution in [-0.4, -0.2) is 81.0 Å². The molecule has 4 aromatic carbocycles. The van der Waals surface area contributed by atoms with Crippen LogP contribution in [-0.2, 0) is 19.1 Å². The van der Waals surface area contributed by atoms with Gasteiger partial charge in [-0.2, -0.15) is 0 Å². The molecule has 3 amide bonds. The zero-order chi connectivity index (χ0) is 40.3. The first-order valence-electron chi connectivity index (χ1n) is 20.0. The monoisotopic (exact) mass is 779 g/mol. The van der Waals surface area contributed by atoms with Crippen molar-refractivity contribution < 1.29 is 23.9 Å². The van der Waals surface area contributed by atoms with Crippen LogP contribution in [0.3, 0.4) is 0 Å². The van der Waals surface area contributed by atoms with Crippen LogP contribution in [0, 0.1) is 5.92 Å². The van der Waals surface area contributed by atoms with E-state index in [9.17, 15) is 14.4 Å². The van der Waals surface area contributed by atoms with Crippen LogP contribution in [0.25, 0.3) is 44.4 Å². The van der Waals surface area contributed by atoms with Crippen molar-refractivity contribution in [2.75, 3.05) is 27.3 Å². The lowest BCUT2D eigenvalue weighted by molar-refractivity contribution is -0.143. The van der Waals surface area contributed by atoms with Gasteiger partial charge in [-0.05, 0) is 76.8 Å². The number of carbonyl (C=O) groups excluding carboxylic acids is 3. The fourth-order valence-electron chi connectivity index (χ4n) is 8.41. The lowest BCUT2D eigenvalue weighted by Gasteiger charge is -2.30. The summed E-state index contributed by atoms with van der Waals surface area (Å²) >= 11 is 0. The Labute approximate surface area is 338 Å². The molecule has 4 atom stereocenters. The lowest BCUT2D eigenvalue weighted by atomic mass is 9.98. The second-order valence-electron chi connectivity index (χ2n) is 15.5. The number of nitrogens with one attached hydrogen (secondary N) is 3. The van der Waals surface area contributed by atoms with Gasteiger partial charge in [0.1, 0.15) is 17.7 Å². The standard InChI is InChI=1S/C46H49N7O5/c1-28(2)40(51-46(56)58-4)44(54)52-22-8-12-38(52)42-48-27-37(50-42)35-21-20-33-24-32(18-19-34(33)25-35)29-14-16-30(17-15-29)36-26-47-43(49-36)39-13-9-23-53(39)45(55)41(57-3)31-10-6-5-7-11-31/h5-7,10-11,14-21,24-28,38-41H,8-9,12-13,22-23H2,1-4H3,(H,47,49)(H,48,50)(H,51,56)/t38-,39-,40?,41+/m0/s1. The quantitative estimate of drug-likeness (QED) is 0.120. The highest BCUT2D eigenvalue weighted by Crippen LogP contribution is 2.36. The van der Waals surface area contributed by atoms with E-state index in [-0.39, 0.29) is 29.8 Å². The number of H-pyrrole nitrogens is 2. The number of hydrogen-bond donors (Lipinski definition) is 3. The Kier molecular flexibility index (Phi) is 11.1. The fraction of sp³-hybridized carbons (Fsp3) is 0.326. The molecule has 2 fully saturated rings. The summed E-state index contributed by atoms with van der Waals surface area (Å²) in [7, 11) is 2.88. The molecule has 2 aliphatic rings. The van der Waals surface area contributed by atoms with Crippen molar-refractivity contribution in [1.29, 1.82) is 0 Å². The number of amides is 3. The third-order valence-electron chi connectivity index (χ3n) is 11.5. The van der Waals surface area contributed by atoms with Crippen LogP contribution in [0.2, 0.25) is 0 Å². The second-order valence-corrected chi connectivity index (χ2v) is 15.5. The van der Waals surface area contributed by atoms with E-state index in [1.807, 2.05) is 66.4 Å². The minimum atomic E-state index is -0.682. The van der Waals surface area contributed by atoms with Crippen LogP contribution in [0.4, 0.5) is 4.79 Å². The number of benzene rings is 4. The van der Waals surface area contributed by atoms with E-state index >= 15 is 0 Å². The number of aromatic amines is 2. The minimum Gasteiger partial charge on any atom is -0.453 e. The first-order valence-corrected chi connectivity index (χ1v) is 20.0. The number of fused-ring (bicyclic) bond motifs is 1. The molecule has 0 saturated carbocycles. The predicted molar refractivity (Wildman–Crippen MR) is 222 cm³/mol. The first-order chi connectivity index (χ1) is 28.2. The Morgan fingerprint density at radius 2 is 1.22 bits per heavy atom. The normalized spacial score (nSPS) is 17.8. The van der Waals surface area contributed by atoms with Crippen molar-refractivity contribution in [2.45, 2.75) is 63.8 Å². The Morgan fingerprint density at radius 3 is 1.81 bits per heavy atom. The summed E-state index contributed by atoms with van der Waals surface area (Å²) in [5, 5.41) is 4.93. The molecule has 2 aromatic heterocycles. The molecule has 6 aromatic rings. The van der Waals surface area contributed by atoms with E-state index in [4.69, 9.17) is 19.4 Å². The van der Waals surface area contributed by atoms with Gasteiger partial charge < -0.3 is 34.6 Å². The van der Waals surface area contributed by atoms with Gasteiger partial charge in [0.25, 0.3) is 5.91 Å². The molecule has 3 N–H and O–H groups in total. The number of rotatable bonds is 11. The zero-order valence-corrected chi connectivity index (χ0v) is 33.3. The molecule has 12 heteroatoms. The Bertz CT molecular complexity index is 2410. The van der Waals surface area contributed by atoms with Crippen LogP contribution < -0.4 is 5.32 Å². The molecule has 12 nitrogen and oxygen atoms in total. The SMILES string of the molecule is COC(=O)NC(C(=O)N1CCC[C@H]1c1ncc(-c2ccc3cc(-c4ccc(-c5cnc([C@@H]6CCCN6C(=O)[C@H](OC)c6ccccc6)[nH]5)cc4)ccc3c2)[nH]1)C(C)C. The molecular formula is C46H49N7O5. The molecule has 0 spiro atoms. The lowest BCUT2D eigenvalue weighted by Crippen LogP contribution is -2.51. The summed E-state index contributed by atoms with van der Waals surface area (Å²) in [6, 6.07) is 29.9. The maximum absolute atomic E-state index is 13.6. The van der Waals surface area contributed by atoms with Crippen molar-refractivity contribution in [2.24, 2.45) is 5.92 Å². The predicted octanol–water partition coefficient (Wildman–Crippen LogP) is 8.38. The van der Waals surface area contributed by atoms with Gasteiger partial charge in [-0.3, -0.25) is 9.59 Å². The summed E-state index contributed by atoms with van der Waals surface area (Å²) in [5.74, 6) is 1.25. The molecule has 298 valence electrons. The number of likely N-dealkylation sites (tertiary alicyclic amines) is 2. The smallest absolute Gasteiger partial charge is 0.407 e. The molecular weight excluding hydrogens is 731 g/mol. The van der Waals surface area contributed by atoms with E-state index in [2.05, 4.69) is 75.9 Å². The van der Waals surface area contributed by atoms with Gasteiger partial charge in [0.2, 0.25) is 5.91 Å². The third kappa shape index (κ3) is 7.71. The van der Waals surface area contributed by atoms with E-state index in [1.165, 1.54) is 7.11 Å². The third-order valence-corrected chi connectivity index (χ3v) is 11.5. The molecule has 0 radical (unpaired) electrons. The summed E-state index contributed by atoms with van der Waals surface area (Å²) < 4.78 is 10.4. The van der Waals surface area contributed by atoms with E-state index in [0.717, 1.165) is 87.3 Å². The molecule has 8 rings (SSSR count). The van der Waals surface area contributed by atoms with Gasteiger partial charge in [-0.15, -0.1) is 0 Å². The molecule has 0 bridgehead atoms. The highest BCUT2D eigenvalue weighted by molar-refractivity contribution is 5.91. The zero-order valence-electron chi connectivity index (χ0n) is 33.3. The number of imidazole rings is 2. The van der Waals surface area contributed by atoms with Gasteiger partial charge in [0.05, 0.1) is 43.0 Å².